The first kappa shape index (κ1) is 18.8. The van der Waals surface area contributed by atoms with Crippen molar-refractivity contribution in [2.24, 2.45) is 5.92 Å². The molecular weight excluding hydrogens is 396 g/mol. The van der Waals surface area contributed by atoms with Crippen molar-refractivity contribution >= 4 is 32.6 Å². The fourth-order valence-electron chi connectivity index (χ4n) is 3.77. The monoisotopic (exact) mass is 418 g/mol. The quantitative estimate of drug-likeness (QED) is 0.513. The largest absolute Gasteiger partial charge is 0.355 e. The van der Waals surface area contributed by atoms with Gasteiger partial charge in [0.15, 0.2) is 16.6 Å². The van der Waals surface area contributed by atoms with Crippen LogP contribution in [0.1, 0.15) is 23.3 Å². The Morgan fingerprint density at radius 2 is 1.87 bits per heavy atom. The fourth-order valence-corrected chi connectivity index (χ4v) is 4.79. The highest BCUT2D eigenvalue weighted by atomic mass is 32.1. The molecule has 152 valence electrons. The number of anilines is 1. The second-order valence-corrected chi connectivity index (χ2v) is 8.56. The van der Waals surface area contributed by atoms with Gasteiger partial charge in [0.05, 0.1) is 10.2 Å². The summed E-state index contributed by atoms with van der Waals surface area (Å²) < 4.78 is 6.55. The number of rotatable bonds is 5. The van der Waals surface area contributed by atoms with Crippen LogP contribution in [0.4, 0.5) is 5.13 Å². The van der Waals surface area contributed by atoms with Gasteiger partial charge in [-0.2, -0.15) is 0 Å². The zero-order valence-corrected chi connectivity index (χ0v) is 17.3. The minimum absolute atomic E-state index is 0.186. The van der Waals surface area contributed by atoms with E-state index in [9.17, 15) is 4.79 Å². The van der Waals surface area contributed by atoms with Crippen molar-refractivity contribution in [1.82, 2.24) is 15.5 Å². The van der Waals surface area contributed by atoms with E-state index in [0.29, 0.717) is 23.9 Å². The molecule has 0 aliphatic carbocycles. The molecule has 1 aliphatic rings. The molecule has 7 heteroatoms. The number of amides is 1. The highest BCUT2D eigenvalue weighted by Gasteiger charge is 2.23. The normalized spacial score (nSPS) is 14.9. The van der Waals surface area contributed by atoms with E-state index in [4.69, 9.17) is 9.51 Å². The average molecular weight is 419 g/mol. The summed E-state index contributed by atoms with van der Waals surface area (Å²) in [5.74, 6) is 0.875. The van der Waals surface area contributed by atoms with Gasteiger partial charge in [0.1, 0.15) is 0 Å². The topological polar surface area (TPSA) is 71.3 Å². The summed E-state index contributed by atoms with van der Waals surface area (Å²) in [7, 11) is 0. The van der Waals surface area contributed by atoms with Crippen LogP contribution < -0.4 is 10.2 Å². The Bertz CT molecular complexity index is 1110. The number of para-hydroxylation sites is 1. The molecule has 0 radical (unpaired) electrons. The van der Waals surface area contributed by atoms with E-state index in [0.717, 1.165) is 42.1 Å². The van der Waals surface area contributed by atoms with Crippen molar-refractivity contribution < 1.29 is 9.32 Å². The number of benzene rings is 2. The Hall–Kier alpha value is -3.19. The van der Waals surface area contributed by atoms with Crippen LogP contribution in [0.5, 0.6) is 0 Å². The zero-order valence-electron chi connectivity index (χ0n) is 16.5. The predicted octanol–water partition coefficient (Wildman–Crippen LogP) is 4.60. The predicted molar refractivity (Wildman–Crippen MR) is 119 cm³/mol. The molecule has 0 bridgehead atoms. The number of nitrogens with one attached hydrogen (secondary N) is 1. The van der Waals surface area contributed by atoms with Gasteiger partial charge in [0.2, 0.25) is 0 Å². The molecule has 30 heavy (non-hydrogen) atoms. The van der Waals surface area contributed by atoms with Crippen molar-refractivity contribution in [2.45, 2.75) is 12.8 Å². The Morgan fingerprint density at radius 3 is 2.67 bits per heavy atom. The lowest BCUT2D eigenvalue weighted by Gasteiger charge is -2.31. The van der Waals surface area contributed by atoms with Gasteiger partial charge in [-0.25, -0.2) is 4.98 Å². The minimum Gasteiger partial charge on any atom is -0.355 e. The van der Waals surface area contributed by atoms with Crippen LogP contribution >= 0.6 is 11.3 Å². The summed E-state index contributed by atoms with van der Waals surface area (Å²) in [6.45, 7) is 2.57. The summed E-state index contributed by atoms with van der Waals surface area (Å²) >= 11 is 1.75. The van der Waals surface area contributed by atoms with Gasteiger partial charge in [-0.1, -0.05) is 59.0 Å². The van der Waals surface area contributed by atoms with Crippen molar-refractivity contribution in [3.05, 3.63) is 66.4 Å². The molecule has 0 atom stereocenters. The number of piperidine rings is 1. The lowest BCUT2D eigenvalue weighted by atomic mass is 9.97. The van der Waals surface area contributed by atoms with E-state index in [1.54, 1.807) is 17.4 Å². The number of hydrogen-bond donors (Lipinski definition) is 1. The molecule has 1 aliphatic heterocycles. The van der Waals surface area contributed by atoms with E-state index in [1.165, 1.54) is 4.70 Å². The molecule has 5 rings (SSSR count). The van der Waals surface area contributed by atoms with E-state index >= 15 is 0 Å². The maximum atomic E-state index is 12.5. The lowest BCUT2D eigenvalue weighted by molar-refractivity contribution is 0.0936. The Balaban J connectivity index is 1.14. The Labute approximate surface area is 178 Å². The van der Waals surface area contributed by atoms with E-state index < -0.39 is 0 Å². The SMILES string of the molecule is O=C(NCC1CCN(c2nc3ccccc3s2)CC1)c1cc(-c2ccccc2)on1. The van der Waals surface area contributed by atoms with Gasteiger partial charge >= 0.3 is 0 Å². The maximum absolute atomic E-state index is 12.5. The molecule has 2 aromatic carbocycles. The Kier molecular flexibility index (Phi) is 5.19. The van der Waals surface area contributed by atoms with Crippen LogP contribution in [-0.4, -0.2) is 35.7 Å². The van der Waals surface area contributed by atoms with E-state index in [-0.39, 0.29) is 5.91 Å². The number of thiazole rings is 1. The third-order valence-corrected chi connectivity index (χ3v) is 6.62. The van der Waals surface area contributed by atoms with Crippen molar-refractivity contribution in [1.29, 1.82) is 0 Å². The van der Waals surface area contributed by atoms with Crippen molar-refractivity contribution in [2.75, 3.05) is 24.5 Å². The molecule has 0 saturated carbocycles. The van der Waals surface area contributed by atoms with Gasteiger partial charge in [0.25, 0.3) is 5.91 Å². The van der Waals surface area contributed by atoms with Crippen LogP contribution in [0.15, 0.2) is 65.2 Å². The first-order chi connectivity index (χ1) is 14.8. The number of carbonyl (C=O) groups excluding carboxylic acids is 1. The summed E-state index contributed by atoms with van der Waals surface area (Å²) in [6.07, 6.45) is 2.06. The van der Waals surface area contributed by atoms with Gasteiger partial charge in [-0.05, 0) is 30.9 Å². The first-order valence-electron chi connectivity index (χ1n) is 10.2. The summed E-state index contributed by atoms with van der Waals surface area (Å²) in [6, 6.07) is 19.6. The summed E-state index contributed by atoms with van der Waals surface area (Å²) in [5.41, 5.74) is 2.29. The molecule has 0 spiro atoms. The van der Waals surface area contributed by atoms with Crippen LogP contribution in [0.25, 0.3) is 21.5 Å². The second kappa shape index (κ2) is 8.28. The average Bonchev–Trinajstić information content (AvgIpc) is 3.46. The minimum atomic E-state index is -0.186. The molecule has 1 amide bonds. The smallest absolute Gasteiger partial charge is 0.273 e. The molecule has 6 nitrogen and oxygen atoms in total. The van der Waals surface area contributed by atoms with Crippen LogP contribution in [-0.2, 0) is 0 Å². The van der Waals surface area contributed by atoms with Crippen molar-refractivity contribution in [3.8, 4) is 11.3 Å². The molecule has 1 saturated heterocycles. The number of nitrogens with zero attached hydrogens (tertiary/aromatic N) is 3. The number of aromatic nitrogens is 2. The molecule has 3 heterocycles. The second-order valence-electron chi connectivity index (χ2n) is 7.55. The maximum Gasteiger partial charge on any atom is 0.273 e. The van der Waals surface area contributed by atoms with E-state index in [2.05, 4.69) is 33.6 Å². The number of carbonyl (C=O) groups is 1. The standard InChI is InChI=1S/C23H22N4O2S/c28-22(19-14-20(29-26-19)17-6-2-1-3-7-17)24-15-16-10-12-27(13-11-16)23-25-18-8-4-5-9-21(18)30-23/h1-9,14,16H,10-13,15H2,(H,24,28). The van der Waals surface area contributed by atoms with Crippen molar-refractivity contribution in [3.63, 3.8) is 0 Å². The van der Waals surface area contributed by atoms with Gasteiger partial charge in [0, 0.05) is 31.3 Å². The fraction of sp³-hybridized carbons (Fsp3) is 0.261. The van der Waals surface area contributed by atoms with Gasteiger partial charge in [-0.3, -0.25) is 4.79 Å². The lowest BCUT2D eigenvalue weighted by Crippen LogP contribution is -2.38. The van der Waals surface area contributed by atoms with E-state index in [1.807, 2.05) is 36.4 Å². The van der Waals surface area contributed by atoms with Crippen LogP contribution in [0, 0.1) is 5.92 Å². The van der Waals surface area contributed by atoms with Gasteiger partial charge < -0.3 is 14.7 Å². The first-order valence-corrected chi connectivity index (χ1v) is 11.0. The highest BCUT2D eigenvalue weighted by Crippen LogP contribution is 2.31. The third-order valence-electron chi connectivity index (χ3n) is 5.52. The van der Waals surface area contributed by atoms with Gasteiger partial charge in [-0.15, -0.1) is 0 Å². The molecule has 2 aromatic heterocycles. The number of hydrogen-bond acceptors (Lipinski definition) is 6. The molecule has 0 unspecified atom stereocenters. The van der Waals surface area contributed by atoms with Crippen LogP contribution in [0.3, 0.4) is 0 Å². The zero-order chi connectivity index (χ0) is 20.3. The number of fused-ring (bicyclic) bond motifs is 1. The summed E-state index contributed by atoms with van der Waals surface area (Å²) in [5, 5.41) is 8.04. The summed E-state index contributed by atoms with van der Waals surface area (Å²) in [4.78, 5) is 19.6. The third kappa shape index (κ3) is 3.93. The van der Waals surface area contributed by atoms with Crippen LogP contribution in [0.2, 0.25) is 0 Å². The highest BCUT2D eigenvalue weighted by molar-refractivity contribution is 7.22. The molecule has 1 N–H and O–H groups in total. The molecule has 4 aromatic rings. The Morgan fingerprint density at radius 1 is 1.10 bits per heavy atom. The molecule has 1 fully saturated rings. The molecular formula is C23H22N4O2S.